The van der Waals surface area contributed by atoms with Crippen molar-refractivity contribution in [1.29, 1.82) is 0 Å². The van der Waals surface area contributed by atoms with Crippen LogP contribution in [0.1, 0.15) is 93.1 Å². The molecular weight excluding hydrogens is 964 g/mol. The van der Waals surface area contributed by atoms with Crippen molar-refractivity contribution in [3.63, 3.8) is 0 Å². The highest BCUT2D eigenvalue weighted by Crippen LogP contribution is 2.43. The molecule has 0 radical (unpaired) electrons. The van der Waals surface area contributed by atoms with Crippen LogP contribution in [0.3, 0.4) is 0 Å². The van der Waals surface area contributed by atoms with E-state index in [1.165, 1.54) is 21.4 Å². The number of carbonyl (C=O) groups excluding carboxylic acids is 5. The van der Waals surface area contributed by atoms with Crippen molar-refractivity contribution in [2.75, 3.05) is 35.9 Å². The topological polar surface area (TPSA) is 254 Å². The number of alkyl halides is 1. The minimum Gasteiger partial charge on any atom is -0.464 e. The van der Waals surface area contributed by atoms with Gasteiger partial charge in [-0.3, -0.25) is 4.57 Å². The van der Waals surface area contributed by atoms with Gasteiger partial charge in [0.2, 0.25) is 10.9 Å². The number of halogens is 2. The van der Waals surface area contributed by atoms with Gasteiger partial charge in [-0.25, -0.2) is 33.9 Å². The second-order valence-electron chi connectivity index (χ2n) is 18.5. The summed E-state index contributed by atoms with van der Waals surface area (Å²) in [5, 5.41) is 19.1. The number of hydrogen-bond acceptors (Lipinski definition) is 18. The standard InChI is InChI=1S/C45H56Cl2N8O13S/c1-12-44(61)29(22-63-45(35(56)62-13-2,28-23-69-25-50-28)21-26-15-17-27(18-16-26)51-37(57)48-20-14-19-46)64-34(31(44)65-40(60)68-43(9,10)11)54-24-49-30-32(54)52-36(47)53-33(30)55(38(58)66-41(3,4)5)39(59)67-42(6,7)8/h1,15-18,23-25,29,31,34,61H,13-14,19-22H2,2-11H3,(H2,48,51,57)/t29-,31+,34-,44-,45?/m1/s1. The molecule has 1 aromatic carbocycles. The normalized spacial score (nSPS) is 19.2. The maximum Gasteiger partial charge on any atom is 0.509 e. The van der Waals surface area contributed by atoms with Gasteiger partial charge in [-0.1, -0.05) is 18.1 Å². The fraction of sp³-hybridized carbons (Fsp3) is 0.533. The number of hydrogen-bond donors (Lipinski definition) is 3. The van der Waals surface area contributed by atoms with Gasteiger partial charge in [-0.2, -0.15) is 14.9 Å². The number of fused-ring (bicyclic) bond motifs is 1. The number of carbonyl (C=O) groups is 5. The molecule has 4 heterocycles. The first kappa shape index (κ1) is 54.1. The molecule has 4 amide bonds. The molecule has 0 bridgehead atoms. The molecular formula is C45H56Cl2N8O13S. The lowest BCUT2D eigenvalue weighted by atomic mass is 9.90. The van der Waals surface area contributed by atoms with Crippen molar-refractivity contribution in [3.8, 4) is 12.3 Å². The van der Waals surface area contributed by atoms with Crippen molar-refractivity contribution in [1.82, 2.24) is 29.8 Å². The maximum absolute atomic E-state index is 14.3. The van der Waals surface area contributed by atoms with Crippen molar-refractivity contribution >= 4 is 87.6 Å². The van der Waals surface area contributed by atoms with Crippen LogP contribution in [0.25, 0.3) is 11.2 Å². The summed E-state index contributed by atoms with van der Waals surface area (Å²) in [4.78, 5) is 85.4. The van der Waals surface area contributed by atoms with E-state index in [9.17, 15) is 29.1 Å². The van der Waals surface area contributed by atoms with Gasteiger partial charge in [-0.15, -0.1) is 29.4 Å². The van der Waals surface area contributed by atoms with Gasteiger partial charge in [0, 0.05) is 29.9 Å². The number of amides is 4. The lowest BCUT2D eigenvalue weighted by Gasteiger charge is -2.33. The minimum atomic E-state index is -2.57. The Kier molecular flexibility index (Phi) is 17.1. The first-order valence-corrected chi connectivity index (χ1v) is 23.4. The largest absolute Gasteiger partial charge is 0.509 e. The second kappa shape index (κ2) is 21.9. The van der Waals surface area contributed by atoms with E-state index >= 15 is 0 Å². The first-order chi connectivity index (χ1) is 32.2. The Hall–Kier alpha value is -5.83. The highest BCUT2D eigenvalue weighted by molar-refractivity contribution is 7.07. The average Bonchev–Trinajstić information content (AvgIpc) is 3.98. The van der Waals surface area contributed by atoms with Crippen molar-refractivity contribution in [2.24, 2.45) is 0 Å². The molecule has 0 aliphatic carbocycles. The number of aliphatic hydroxyl groups is 1. The molecule has 69 heavy (non-hydrogen) atoms. The number of nitrogens with zero attached hydrogens (tertiary/aromatic N) is 6. The number of anilines is 2. The van der Waals surface area contributed by atoms with E-state index in [2.05, 4.69) is 36.5 Å². The smallest absolute Gasteiger partial charge is 0.464 e. The summed E-state index contributed by atoms with van der Waals surface area (Å²) in [6.07, 6.45) is -1.14. The summed E-state index contributed by atoms with van der Waals surface area (Å²) in [7, 11) is 0. The predicted octanol–water partition coefficient (Wildman–Crippen LogP) is 7.66. The summed E-state index contributed by atoms with van der Waals surface area (Å²) in [6.45, 7) is 15.5. The van der Waals surface area contributed by atoms with Gasteiger partial charge >= 0.3 is 30.3 Å². The molecule has 1 unspecified atom stereocenters. The summed E-state index contributed by atoms with van der Waals surface area (Å²) in [5.74, 6) is 1.37. The molecule has 24 heteroatoms. The molecule has 374 valence electrons. The van der Waals surface area contributed by atoms with E-state index in [-0.39, 0.29) is 29.9 Å². The van der Waals surface area contributed by atoms with Crippen LogP contribution in [0.2, 0.25) is 5.28 Å². The number of imide groups is 1. The van der Waals surface area contributed by atoms with E-state index < -0.39 is 94.5 Å². The molecule has 1 saturated heterocycles. The Balaban J connectivity index is 1.60. The Labute approximate surface area is 412 Å². The number of nitrogens with one attached hydrogen (secondary N) is 2. The van der Waals surface area contributed by atoms with Crippen LogP contribution < -0.4 is 15.5 Å². The van der Waals surface area contributed by atoms with Crippen molar-refractivity contribution in [3.05, 3.63) is 58.0 Å². The monoisotopic (exact) mass is 1020 g/mol. The number of ether oxygens (including phenoxy) is 7. The van der Waals surface area contributed by atoms with Crippen LogP contribution in [0.4, 0.5) is 30.7 Å². The maximum atomic E-state index is 14.3. The molecule has 3 aromatic heterocycles. The molecule has 0 spiro atoms. The van der Waals surface area contributed by atoms with Crippen LogP contribution in [-0.4, -0.2) is 120 Å². The summed E-state index contributed by atoms with van der Waals surface area (Å²) >= 11 is 13.4. The number of benzene rings is 1. The molecule has 1 aliphatic heterocycles. The Bertz CT molecular complexity index is 2490. The highest BCUT2D eigenvalue weighted by atomic mass is 35.5. The van der Waals surface area contributed by atoms with E-state index in [0.29, 0.717) is 35.0 Å². The second-order valence-corrected chi connectivity index (χ2v) is 19.9. The molecule has 0 saturated carbocycles. The number of aromatic nitrogens is 5. The molecule has 3 N–H and O–H groups in total. The van der Waals surface area contributed by atoms with E-state index in [1.54, 1.807) is 98.9 Å². The van der Waals surface area contributed by atoms with Crippen LogP contribution in [0.15, 0.2) is 41.5 Å². The van der Waals surface area contributed by atoms with Crippen molar-refractivity contribution < 1.29 is 62.2 Å². The molecule has 1 fully saturated rings. The van der Waals surface area contributed by atoms with Gasteiger partial charge in [0.25, 0.3) is 0 Å². The molecule has 4 aromatic rings. The average molecular weight is 1020 g/mol. The lowest BCUT2D eigenvalue weighted by molar-refractivity contribution is -0.184. The minimum absolute atomic E-state index is 0.0583. The number of rotatable bonds is 15. The number of urea groups is 1. The van der Waals surface area contributed by atoms with Gasteiger partial charge in [0.05, 0.1) is 30.7 Å². The van der Waals surface area contributed by atoms with Gasteiger partial charge in [0.15, 0.2) is 34.9 Å². The van der Waals surface area contributed by atoms with E-state index in [1.807, 2.05) is 0 Å². The molecule has 1 aliphatic rings. The summed E-state index contributed by atoms with van der Waals surface area (Å²) in [6, 6.07) is 6.16. The number of esters is 1. The van der Waals surface area contributed by atoms with Gasteiger partial charge in [0.1, 0.15) is 22.9 Å². The summed E-state index contributed by atoms with van der Waals surface area (Å²) < 4.78 is 42.1. The fourth-order valence-corrected chi connectivity index (χ4v) is 7.58. The highest BCUT2D eigenvalue weighted by Gasteiger charge is 2.60. The molecule has 21 nitrogen and oxygen atoms in total. The van der Waals surface area contributed by atoms with E-state index in [4.69, 9.17) is 62.8 Å². The number of thiazole rings is 1. The van der Waals surface area contributed by atoms with Crippen LogP contribution in [0, 0.1) is 12.3 Å². The third-order valence-corrected chi connectivity index (χ3v) is 10.6. The van der Waals surface area contributed by atoms with Crippen LogP contribution in [0.5, 0.6) is 0 Å². The van der Waals surface area contributed by atoms with Gasteiger partial charge < -0.3 is 48.9 Å². The Morgan fingerprint density at radius 1 is 0.971 bits per heavy atom. The number of terminal acetylenes is 1. The Morgan fingerprint density at radius 2 is 1.61 bits per heavy atom. The predicted molar refractivity (Wildman–Crippen MR) is 253 cm³/mol. The van der Waals surface area contributed by atoms with Crippen LogP contribution >= 0.6 is 34.5 Å². The van der Waals surface area contributed by atoms with E-state index in [0.717, 1.165) is 6.33 Å². The molecule has 5 rings (SSSR count). The van der Waals surface area contributed by atoms with Gasteiger partial charge in [-0.05, 0) is 105 Å². The van der Waals surface area contributed by atoms with Crippen LogP contribution in [-0.2, 0) is 50.0 Å². The third-order valence-electron chi connectivity index (χ3n) is 9.54. The zero-order valence-electron chi connectivity index (χ0n) is 39.8. The lowest BCUT2D eigenvalue weighted by Crippen LogP contribution is -2.52. The Morgan fingerprint density at radius 3 is 2.16 bits per heavy atom. The first-order valence-electron chi connectivity index (χ1n) is 21.5. The number of imidazole rings is 1. The zero-order valence-corrected chi connectivity index (χ0v) is 42.1. The van der Waals surface area contributed by atoms with Crippen molar-refractivity contribution in [2.45, 2.75) is 129 Å². The third kappa shape index (κ3) is 13.5. The summed E-state index contributed by atoms with van der Waals surface area (Å²) in [5.41, 5.74) is -5.65. The zero-order chi connectivity index (χ0) is 51.1. The quantitative estimate of drug-likeness (QED) is 0.0258. The molecule has 5 atom stereocenters. The fourth-order valence-electron chi connectivity index (χ4n) is 6.67. The SMILES string of the molecule is C#C[C@@]1(O)[C@@H](COC(Cc2ccc(NC(=O)NCCCCl)cc2)(C(=O)OCC)c2cscn2)O[C@@H](n2cnc3c(N(C(=O)OC(C)(C)C)C(=O)OC(C)(C)C)nc(Cl)nc32)[C@@H]1OC(=O)OC(C)(C)C.